The third-order valence-electron chi connectivity index (χ3n) is 11.5. The van der Waals surface area contributed by atoms with Crippen molar-refractivity contribution in [3.05, 3.63) is 33.8 Å². The van der Waals surface area contributed by atoms with Crippen molar-refractivity contribution in [2.24, 2.45) is 11.3 Å². The van der Waals surface area contributed by atoms with Gasteiger partial charge in [0.25, 0.3) is 0 Å². The first-order valence-electron chi connectivity index (χ1n) is 20.0. The first-order valence-corrected chi connectivity index (χ1v) is 20.8. The standard InChI is InChI=1S/C40H55Cl2F4N7O7/c1-21(2)16-28-37(59)52(7)30(18-24-17-25(41)11-12-27(24)42)33(55)47-22(3)35(57)50(5)15-9-8-10-29(32(54)49-28)51(6)36(58)23(4)48-34(56)31-19-26(43)20-53(31)38(60)39(13-14-39)40(44,45)46/h11-12,17,21-23,26,28-31H,8-10,13-16,18-20H2,1-7H3,(H,47,55)(H,48,56)(H,49,54)/t22-,23+,26-,28+,29+,30+,31+/m1/s1. The van der Waals surface area contributed by atoms with E-state index in [9.17, 15) is 51.1 Å². The van der Waals surface area contributed by atoms with Crippen LogP contribution in [0.5, 0.6) is 0 Å². The molecule has 0 bridgehead atoms. The minimum absolute atomic E-state index is 0.0470. The summed E-state index contributed by atoms with van der Waals surface area (Å²) in [7, 11) is 4.25. The molecule has 1 aromatic carbocycles. The van der Waals surface area contributed by atoms with E-state index in [0.29, 0.717) is 28.3 Å². The Balaban J connectivity index is 1.60. The van der Waals surface area contributed by atoms with Crippen molar-refractivity contribution in [1.82, 2.24) is 35.6 Å². The smallest absolute Gasteiger partial charge is 0.344 e. The predicted molar refractivity (Wildman–Crippen MR) is 214 cm³/mol. The van der Waals surface area contributed by atoms with Crippen LogP contribution in [-0.2, 0) is 40.0 Å². The SMILES string of the molecule is CC(C)C[C@@H]1NC(=O)[C@@H](N(C)C(=O)[C@H](C)NC(=O)[C@@H]2C[C@@H](F)CN2C(=O)C2(C(F)(F)F)CC2)CCCCN(C)C(=O)[C@@H](C)NC(=O)[C@H](Cc2cc(Cl)ccc2Cl)N(C)C1=O. The second kappa shape index (κ2) is 19.7. The Bertz CT molecular complexity index is 1820. The normalized spacial score (nSPS) is 26.4. The van der Waals surface area contributed by atoms with Crippen molar-refractivity contribution < 1.29 is 51.1 Å². The van der Waals surface area contributed by atoms with E-state index in [0.717, 1.165) is 4.90 Å². The van der Waals surface area contributed by atoms with Crippen LogP contribution in [0.1, 0.15) is 78.2 Å². The average Bonchev–Trinajstić information content (AvgIpc) is 3.91. The maximum absolute atomic E-state index is 14.6. The van der Waals surface area contributed by atoms with Gasteiger partial charge in [0, 0.05) is 50.6 Å². The van der Waals surface area contributed by atoms with E-state index in [-0.39, 0.29) is 36.7 Å². The molecule has 20 heteroatoms. The molecule has 2 heterocycles. The molecular weight excluding hydrogens is 837 g/mol. The van der Waals surface area contributed by atoms with Crippen LogP contribution in [0.25, 0.3) is 0 Å². The molecule has 1 saturated carbocycles. The molecule has 7 amide bonds. The van der Waals surface area contributed by atoms with Crippen molar-refractivity contribution in [1.29, 1.82) is 0 Å². The Labute approximate surface area is 357 Å². The maximum atomic E-state index is 14.6. The fraction of sp³-hybridized carbons (Fsp3) is 0.675. The van der Waals surface area contributed by atoms with E-state index < -0.39 is 121 Å². The Hall–Kier alpha value is -4.19. The molecule has 4 rings (SSSR count). The molecule has 3 fully saturated rings. The number of carbonyl (C=O) groups is 7. The zero-order valence-corrected chi connectivity index (χ0v) is 36.3. The molecule has 0 radical (unpaired) electrons. The van der Waals surface area contributed by atoms with Gasteiger partial charge < -0.3 is 35.6 Å². The molecule has 3 N–H and O–H groups in total. The molecule has 0 spiro atoms. The number of carbonyl (C=O) groups excluding carboxylic acids is 7. The van der Waals surface area contributed by atoms with Crippen LogP contribution < -0.4 is 16.0 Å². The second-order valence-corrected chi connectivity index (χ2v) is 17.5. The minimum atomic E-state index is -4.88. The summed E-state index contributed by atoms with van der Waals surface area (Å²) in [5.74, 6) is -5.79. The lowest BCUT2D eigenvalue weighted by atomic mass is 9.98. The maximum Gasteiger partial charge on any atom is 0.403 e. The molecule has 334 valence electrons. The lowest BCUT2D eigenvalue weighted by Crippen LogP contribution is -2.60. The van der Waals surface area contributed by atoms with E-state index in [1.54, 1.807) is 25.2 Å². The third-order valence-corrected chi connectivity index (χ3v) is 12.2. The minimum Gasteiger partial charge on any atom is -0.344 e. The van der Waals surface area contributed by atoms with E-state index in [4.69, 9.17) is 23.2 Å². The van der Waals surface area contributed by atoms with Gasteiger partial charge in [-0.1, -0.05) is 37.0 Å². The Morgan fingerprint density at radius 3 is 2.25 bits per heavy atom. The van der Waals surface area contributed by atoms with E-state index in [1.165, 1.54) is 37.7 Å². The number of nitrogens with one attached hydrogen (secondary N) is 3. The molecule has 1 aliphatic carbocycles. The molecule has 2 aliphatic heterocycles. The summed E-state index contributed by atoms with van der Waals surface area (Å²) in [6, 6.07) is -2.94. The fourth-order valence-corrected chi connectivity index (χ4v) is 8.17. The monoisotopic (exact) mass is 891 g/mol. The molecule has 60 heavy (non-hydrogen) atoms. The summed E-state index contributed by atoms with van der Waals surface area (Å²) >= 11 is 12.7. The molecule has 1 aromatic rings. The first kappa shape index (κ1) is 48.5. The van der Waals surface area contributed by atoms with Crippen molar-refractivity contribution in [2.75, 3.05) is 34.2 Å². The van der Waals surface area contributed by atoms with Gasteiger partial charge in [0.1, 0.15) is 47.8 Å². The van der Waals surface area contributed by atoms with Crippen LogP contribution in [0.15, 0.2) is 18.2 Å². The fourth-order valence-electron chi connectivity index (χ4n) is 7.78. The van der Waals surface area contributed by atoms with E-state index >= 15 is 0 Å². The zero-order chi connectivity index (χ0) is 45.0. The molecule has 7 atom stereocenters. The predicted octanol–water partition coefficient (Wildman–Crippen LogP) is 3.65. The number of benzene rings is 1. The number of hydrogen-bond donors (Lipinski definition) is 3. The number of hydrogen-bond acceptors (Lipinski definition) is 7. The van der Waals surface area contributed by atoms with Crippen LogP contribution in [0.2, 0.25) is 10.0 Å². The highest BCUT2D eigenvalue weighted by atomic mass is 35.5. The largest absolute Gasteiger partial charge is 0.403 e. The second-order valence-electron chi connectivity index (χ2n) is 16.7. The highest BCUT2D eigenvalue weighted by Gasteiger charge is 2.70. The number of likely N-dealkylation sites (tertiary alicyclic amines) is 1. The number of halogens is 6. The third kappa shape index (κ3) is 11.2. The summed E-state index contributed by atoms with van der Waals surface area (Å²) in [6.45, 7) is 5.98. The Kier molecular flexibility index (Phi) is 15.9. The quantitative estimate of drug-likeness (QED) is 0.318. The van der Waals surface area contributed by atoms with E-state index in [2.05, 4.69) is 16.0 Å². The summed E-state index contributed by atoms with van der Waals surface area (Å²) < 4.78 is 55.9. The Morgan fingerprint density at radius 1 is 1.00 bits per heavy atom. The highest BCUT2D eigenvalue weighted by Crippen LogP contribution is 2.59. The zero-order valence-electron chi connectivity index (χ0n) is 34.8. The lowest BCUT2D eigenvalue weighted by Gasteiger charge is -2.35. The number of alkyl halides is 4. The molecule has 0 unspecified atom stereocenters. The number of amides is 7. The average molecular weight is 893 g/mol. The van der Waals surface area contributed by atoms with Crippen molar-refractivity contribution in [2.45, 2.75) is 128 Å². The number of likely N-dealkylation sites (N-methyl/N-ethyl adjacent to an activating group) is 3. The summed E-state index contributed by atoms with van der Waals surface area (Å²) in [4.78, 5) is 101. The summed E-state index contributed by atoms with van der Waals surface area (Å²) in [5.41, 5.74) is -2.22. The number of nitrogens with zero attached hydrogens (tertiary/aromatic N) is 4. The van der Waals surface area contributed by atoms with Gasteiger partial charge >= 0.3 is 6.18 Å². The van der Waals surface area contributed by atoms with Gasteiger partial charge in [0.05, 0.1) is 6.54 Å². The summed E-state index contributed by atoms with van der Waals surface area (Å²) in [6.07, 6.45) is -7.40. The lowest BCUT2D eigenvalue weighted by molar-refractivity contribution is -0.199. The van der Waals surface area contributed by atoms with Crippen LogP contribution in [0.4, 0.5) is 17.6 Å². The van der Waals surface area contributed by atoms with Crippen molar-refractivity contribution >= 4 is 64.6 Å². The molecule has 2 saturated heterocycles. The van der Waals surface area contributed by atoms with Gasteiger partial charge in [0.15, 0.2) is 0 Å². The number of rotatable bonds is 9. The van der Waals surface area contributed by atoms with Crippen molar-refractivity contribution in [3.8, 4) is 0 Å². The van der Waals surface area contributed by atoms with Crippen LogP contribution in [0.3, 0.4) is 0 Å². The molecular formula is C40H55Cl2F4N7O7. The van der Waals surface area contributed by atoms with E-state index in [1.807, 2.05) is 13.8 Å². The Morgan fingerprint density at radius 2 is 1.65 bits per heavy atom. The van der Waals surface area contributed by atoms with Gasteiger partial charge in [-0.15, -0.1) is 0 Å². The van der Waals surface area contributed by atoms with Crippen molar-refractivity contribution in [3.63, 3.8) is 0 Å². The van der Waals surface area contributed by atoms with Gasteiger partial charge in [-0.2, -0.15) is 13.2 Å². The highest BCUT2D eigenvalue weighted by molar-refractivity contribution is 6.33. The molecule has 3 aliphatic rings. The van der Waals surface area contributed by atoms with Crippen LogP contribution >= 0.6 is 23.2 Å². The van der Waals surface area contributed by atoms with Gasteiger partial charge in [-0.3, -0.25) is 33.6 Å². The molecule has 14 nitrogen and oxygen atoms in total. The van der Waals surface area contributed by atoms with Gasteiger partial charge in [-0.05, 0) is 82.1 Å². The summed E-state index contributed by atoms with van der Waals surface area (Å²) in [5, 5.41) is 8.53. The van der Waals surface area contributed by atoms with Crippen LogP contribution in [-0.4, -0.2) is 144 Å². The van der Waals surface area contributed by atoms with Gasteiger partial charge in [0.2, 0.25) is 41.4 Å². The van der Waals surface area contributed by atoms with Gasteiger partial charge in [-0.25, -0.2) is 4.39 Å². The van der Waals surface area contributed by atoms with Crippen LogP contribution in [0, 0.1) is 11.3 Å². The molecule has 0 aromatic heterocycles. The first-order chi connectivity index (χ1) is 27.9. The topological polar surface area (TPSA) is 169 Å².